The van der Waals surface area contributed by atoms with Crippen molar-refractivity contribution in [1.82, 2.24) is 36.4 Å². The second-order valence-corrected chi connectivity index (χ2v) is 5.04. The molecule has 0 unspecified atom stereocenters. The van der Waals surface area contributed by atoms with Gasteiger partial charge >= 0.3 is 0 Å². The number of carbonyl (C=O) groups excluding carboxylic acids is 1. The van der Waals surface area contributed by atoms with Crippen molar-refractivity contribution >= 4 is 23.2 Å². The van der Waals surface area contributed by atoms with E-state index < -0.39 is 0 Å². The zero-order chi connectivity index (χ0) is 14.7. The van der Waals surface area contributed by atoms with Crippen molar-refractivity contribution in [3.05, 3.63) is 36.2 Å². The van der Waals surface area contributed by atoms with Crippen molar-refractivity contribution in [3.8, 4) is 5.69 Å². The molecule has 1 heterocycles. The standard InChI is InChI=1S/C12H13N7OS/c20-11(15-16-12(21)14-9-3-4-9)8-1-5-10(6-2-8)19-7-13-17-18-19/h1-2,5-7,9H,3-4H2,(H,15,20)(H2,14,16,21). The van der Waals surface area contributed by atoms with Gasteiger partial charge in [0.05, 0.1) is 5.69 Å². The topological polar surface area (TPSA) is 96.8 Å². The highest BCUT2D eigenvalue weighted by atomic mass is 32.1. The normalized spacial score (nSPS) is 13.5. The van der Waals surface area contributed by atoms with E-state index in [1.54, 1.807) is 24.3 Å². The van der Waals surface area contributed by atoms with E-state index in [-0.39, 0.29) is 5.91 Å². The second kappa shape index (κ2) is 5.83. The first-order valence-electron chi connectivity index (χ1n) is 6.42. The van der Waals surface area contributed by atoms with Crippen molar-refractivity contribution in [2.24, 2.45) is 0 Å². The lowest BCUT2D eigenvalue weighted by Gasteiger charge is -2.11. The third kappa shape index (κ3) is 3.51. The molecule has 3 rings (SSSR count). The van der Waals surface area contributed by atoms with Crippen molar-refractivity contribution in [1.29, 1.82) is 0 Å². The molecule has 0 spiro atoms. The number of nitrogens with zero attached hydrogens (tertiary/aromatic N) is 4. The second-order valence-electron chi connectivity index (χ2n) is 4.63. The molecule has 0 radical (unpaired) electrons. The van der Waals surface area contributed by atoms with Crippen LogP contribution in [0.4, 0.5) is 0 Å². The SMILES string of the molecule is O=C(NNC(=S)NC1CC1)c1ccc(-n2cnnn2)cc1. The number of hydrogen-bond acceptors (Lipinski definition) is 5. The van der Waals surface area contributed by atoms with Crippen molar-refractivity contribution < 1.29 is 4.79 Å². The summed E-state index contributed by atoms with van der Waals surface area (Å²) < 4.78 is 1.51. The first kappa shape index (κ1) is 13.4. The van der Waals surface area contributed by atoms with E-state index in [4.69, 9.17) is 12.2 Å². The fraction of sp³-hybridized carbons (Fsp3) is 0.250. The van der Waals surface area contributed by atoms with Gasteiger partial charge in [-0.3, -0.25) is 15.6 Å². The molecule has 0 bridgehead atoms. The Morgan fingerprint density at radius 1 is 1.24 bits per heavy atom. The van der Waals surface area contributed by atoms with Gasteiger partial charge in [0.15, 0.2) is 5.11 Å². The predicted octanol–water partition coefficient (Wildman–Crippen LogP) is -0.0664. The summed E-state index contributed by atoms with van der Waals surface area (Å²) in [6, 6.07) is 7.33. The molecular weight excluding hydrogens is 290 g/mol. The Morgan fingerprint density at radius 2 is 2.00 bits per heavy atom. The zero-order valence-corrected chi connectivity index (χ0v) is 11.8. The molecule has 21 heavy (non-hydrogen) atoms. The Morgan fingerprint density at radius 3 is 2.62 bits per heavy atom. The number of hydrogen-bond donors (Lipinski definition) is 3. The van der Waals surface area contributed by atoms with Gasteiger partial charge in [-0.15, -0.1) is 5.10 Å². The van der Waals surface area contributed by atoms with Crippen LogP contribution in [0.1, 0.15) is 23.2 Å². The Labute approximate surface area is 125 Å². The highest BCUT2D eigenvalue weighted by molar-refractivity contribution is 7.80. The summed E-state index contributed by atoms with van der Waals surface area (Å²) in [6.07, 6.45) is 3.72. The van der Waals surface area contributed by atoms with Crippen LogP contribution in [0.3, 0.4) is 0 Å². The number of amides is 1. The summed E-state index contributed by atoms with van der Waals surface area (Å²) in [5, 5.41) is 14.4. The maximum atomic E-state index is 11.9. The van der Waals surface area contributed by atoms with Gasteiger partial charge in [0, 0.05) is 11.6 Å². The minimum atomic E-state index is -0.266. The van der Waals surface area contributed by atoms with E-state index in [1.807, 2.05) is 0 Å². The molecule has 1 aromatic heterocycles. The predicted molar refractivity (Wildman–Crippen MR) is 78.5 cm³/mol. The van der Waals surface area contributed by atoms with E-state index in [1.165, 1.54) is 11.0 Å². The Balaban J connectivity index is 1.55. The Hall–Kier alpha value is -2.55. The van der Waals surface area contributed by atoms with Crippen LogP contribution in [0.25, 0.3) is 5.69 Å². The summed E-state index contributed by atoms with van der Waals surface area (Å²) >= 11 is 5.05. The minimum absolute atomic E-state index is 0.266. The molecule has 3 N–H and O–H groups in total. The fourth-order valence-corrected chi connectivity index (χ4v) is 1.90. The smallest absolute Gasteiger partial charge is 0.269 e. The summed E-state index contributed by atoms with van der Waals surface area (Å²) in [5.41, 5.74) is 6.51. The molecule has 1 amide bonds. The third-order valence-corrected chi connectivity index (χ3v) is 3.17. The number of carbonyl (C=O) groups is 1. The van der Waals surface area contributed by atoms with Gasteiger partial charge in [-0.05, 0) is 59.8 Å². The van der Waals surface area contributed by atoms with E-state index >= 15 is 0 Å². The third-order valence-electron chi connectivity index (χ3n) is 2.95. The molecule has 0 saturated heterocycles. The van der Waals surface area contributed by atoms with Crippen molar-refractivity contribution in [3.63, 3.8) is 0 Å². The highest BCUT2D eigenvalue weighted by Gasteiger charge is 2.21. The molecular formula is C12H13N7OS. The number of aromatic nitrogens is 4. The molecule has 1 aromatic carbocycles. The highest BCUT2D eigenvalue weighted by Crippen LogP contribution is 2.18. The van der Waals surface area contributed by atoms with E-state index in [2.05, 4.69) is 31.7 Å². The first-order chi connectivity index (χ1) is 10.2. The van der Waals surface area contributed by atoms with Gasteiger partial charge in [-0.1, -0.05) is 0 Å². The molecule has 1 aliphatic rings. The van der Waals surface area contributed by atoms with Crippen LogP contribution in [0.2, 0.25) is 0 Å². The molecule has 9 heteroatoms. The zero-order valence-electron chi connectivity index (χ0n) is 11.0. The van der Waals surface area contributed by atoms with Gasteiger partial charge in [0.25, 0.3) is 5.91 Å². The molecule has 1 fully saturated rings. The molecule has 0 atom stereocenters. The lowest BCUT2D eigenvalue weighted by atomic mass is 10.2. The number of thiocarbonyl (C=S) groups is 1. The van der Waals surface area contributed by atoms with Gasteiger partial charge in [-0.2, -0.15) is 0 Å². The maximum absolute atomic E-state index is 11.9. The number of rotatable bonds is 3. The molecule has 1 saturated carbocycles. The van der Waals surface area contributed by atoms with Crippen molar-refractivity contribution in [2.45, 2.75) is 18.9 Å². The van der Waals surface area contributed by atoms with Crippen LogP contribution in [0.15, 0.2) is 30.6 Å². The van der Waals surface area contributed by atoms with Gasteiger partial charge in [-0.25, -0.2) is 4.68 Å². The molecule has 1 aliphatic carbocycles. The maximum Gasteiger partial charge on any atom is 0.269 e. The number of tetrazole rings is 1. The number of nitrogens with one attached hydrogen (secondary N) is 3. The minimum Gasteiger partial charge on any atom is -0.359 e. The van der Waals surface area contributed by atoms with E-state index in [9.17, 15) is 4.79 Å². The van der Waals surface area contributed by atoms with Crippen LogP contribution < -0.4 is 16.2 Å². The van der Waals surface area contributed by atoms with Gasteiger partial charge in [0.1, 0.15) is 6.33 Å². The van der Waals surface area contributed by atoms with Gasteiger partial charge < -0.3 is 5.32 Å². The number of benzene rings is 1. The fourth-order valence-electron chi connectivity index (χ4n) is 1.68. The van der Waals surface area contributed by atoms with E-state index in [0.717, 1.165) is 18.5 Å². The van der Waals surface area contributed by atoms with Crippen molar-refractivity contribution in [2.75, 3.05) is 0 Å². The molecule has 0 aliphatic heterocycles. The first-order valence-corrected chi connectivity index (χ1v) is 6.83. The summed E-state index contributed by atoms with van der Waals surface area (Å²) in [7, 11) is 0. The average molecular weight is 303 g/mol. The number of hydrazine groups is 1. The lowest BCUT2D eigenvalue weighted by Crippen LogP contribution is -2.47. The molecule has 2 aromatic rings. The van der Waals surface area contributed by atoms with E-state index in [0.29, 0.717) is 16.7 Å². The van der Waals surface area contributed by atoms with Crippen LogP contribution in [-0.2, 0) is 0 Å². The molecule has 108 valence electrons. The molecule has 8 nitrogen and oxygen atoms in total. The quantitative estimate of drug-likeness (QED) is 0.539. The largest absolute Gasteiger partial charge is 0.359 e. The Kier molecular flexibility index (Phi) is 3.73. The summed E-state index contributed by atoms with van der Waals surface area (Å²) in [4.78, 5) is 11.9. The van der Waals surface area contributed by atoms with Gasteiger partial charge in [0.2, 0.25) is 0 Å². The monoisotopic (exact) mass is 303 g/mol. The summed E-state index contributed by atoms with van der Waals surface area (Å²) in [5.74, 6) is -0.266. The Bertz CT molecular complexity index is 636. The van der Waals surface area contributed by atoms with Crippen LogP contribution >= 0.6 is 12.2 Å². The average Bonchev–Trinajstić information content (AvgIpc) is 3.15. The summed E-state index contributed by atoms with van der Waals surface area (Å²) in [6.45, 7) is 0. The van der Waals surface area contributed by atoms with Crippen LogP contribution in [0.5, 0.6) is 0 Å². The van der Waals surface area contributed by atoms with Crippen LogP contribution in [0, 0.1) is 0 Å². The lowest BCUT2D eigenvalue weighted by molar-refractivity contribution is 0.0943. The van der Waals surface area contributed by atoms with Crippen LogP contribution in [-0.4, -0.2) is 37.3 Å².